The molecule has 6 rings (SSSR count). The van der Waals surface area contributed by atoms with Gasteiger partial charge in [-0.05, 0) is 60.2 Å². The average Bonchev–Trinajstić information content (AvgIpc) is 3.19. The van der Waals surface area contributed by atoms with Gasteiger partial charge in [-0.2, -0.15) is 0 Å². The molecule has 3 aromatic carbocycles. The van der Waals surface area contributed by atoms with Crippen LogP contribution < -0.4 is 19.6 Å². The Labute approximate surface area is 206 Å². The molecule has 1 atom stereocenters. The molecule has 1 unspecified atom stereocenters. The second-order valence-corrected chi connectivity index (χ2v) is 9.96. The number of phenolic OH excluding ortho intramolecular Hbond substituents is 1. The normalized spacial score (nSPS) is 16.9. The molecule has 0 spiro atoms. The highest BCUT2D eigenvalue weighted by Gasteiger charge is 2.32. The molecule has 1 N–H and O–H groups in total. The fourth-order valence-corrected chi connectivity index (χ4v) is 6.01. The number of hydrogen-bond acceptors (Lipinski definition) is 5. The summed E-state index contributed by atoms with van der Waals surface area (Å²) in [5.74, 6) is 0.438. The van der Waals surface area contributed by atoms with Crippen LogP contribution >= 0.6 is 11.3 Å². The van der Waals surface area contributed by atoms with E-state index in [9.17, 15) is 9.90 Å². The standard InChI is InChI=1S/C29H24N2O3S/c1-17-7-10-20(11-8-17)27-22-13-12-19-5-3-4-6-21(19)26(22)30-29-31(27)28(33)25(35-29)16-18-9-14-23(32)24(15-18)34-2/h3-11,14-16,27,32H,12-13H2,1-2H3/b25-16-. The van der Waals surface area contributed by atoms with Crippen LogP contribution in [0.15, 0.2) is 82.1 Å². The molecule has 1 aliphatic carbocycles. The first-order chi connectivity index (χ1) is 17.0. The number of rotatable bonds is 3. The molecular formula is C29H24N2O3S. The minimum atomic E-state index is -0.188. The van der Waals surface area contributed by atoms with Gasteiger partial charge in [0.15, 0.2) is 16.3 Å². The Hall–Kier alpha value is -3.90. The van der Waals surface area contributed by atoms with Crippen molar-refractivity contribution in [1.29, 1.82) is 0 Å². The molecule has 2 aliphatic rings. The molecule has 1 aromatic heterocycles. The van der Waals surface area contributed by atoms with E-state index in [1.807, 2.05) is 10.6 Å². The molecule has 0 bridgehead atoms. The zero-order valence-corrected chi connectivity index (χ0v) is 20.3. The van der Waals surface area contributed by atoms with Gasteiger partial charge in [-0.3, -0.25) is 9.36 Å². The van der Waals surface area contributed by atoms with Gasteiger partial charge in [-0.25, -0.2) is 4.99 Å². The van der Waals surface area contributed by atoms with Crippen molar-refractivity contribution in [3.63, 3.8) is 0 Å². The van der Waals surface area contributed by atoms with Gasteiger partial charge < -0.3 is 9.84 Å². The molecule has 0 radical (unpaired) electrons. The van der Waals surface area contributed by atoms with Gasteiger partial charge in [0, 0.05) is 5.56 Å². The topological polar surface area (TPSA) is 63.8 Å². The number of methoxy groups -OCH3 is 1. The van der Waals surface area contributed by atoms with Gasteiger partial charge in [0.05, 0.1) is 23.4 Å². The largest absolute Gasteiger partial charge is 0.504 e. The van der Waals surface area contributed by atoms with Gasteiger partial charge in [-0.15, -0.1) is 0 Å². The Morgan fingerprint density at radius 2 is 1.89 bits per heavy atom. The molecule has 174 valence electrons. The van der Waals surface area contributed by atoms with Crippen molar-refractivity contribution < 1.29 is 9.84 Å². The first-order valence-corrected chi connectivity index (χ1v) is 12.4. The second kappa shape index (κ2) is 8.40. The summed E-state index contributed by atoms with van der Waals surface area (Å²) in [6.07, 6.45) is 3.65. The van der Waals surface area contributed by atoms with Crippen LogP contribution in [0.5, 0.6) is 11.5 Å². The van der Waals surface area contributed by atoms with E-state index >= 15 is 0 Å². The Balaban J connectivity index is 1.60. The Bertz CT molecular complexity index is 1680. The number of hydrogen-bond donors (Lipinski definition) is 1. The molecule has 4 aromatic rings. The number of benzene rings is 3. The molecule has 6 heteroatoms. The lowest BCUT2D eigenvalue weighted by Crippen LogP contribution is -2.38. The summed E-state index contributed by atoms with van der Waals surface area (Å²) >= 11 is 1.40. The minimum absolute atomic E-state index is 0.0585. The van der Waals surface area contributed by atoms with E-state index in [2.05, 4.69) is 55.5 Å². The number of allylic oxidation sites excluding steroid dienone is 1. The third kappa shape index (κ3) is 3.61. The predicted octanol–water partition coefficient (Wildman–Crippen LogP) is 4.34. The summed E-state index contributed by atoms with van der Waals surface area (Å²) < 4.78 is 7.69. The van der Waals surface area contributed by atoms with Crippen LogP contribution in [0.1, 0.15) is 40.3 Å². The van der Waals surface area contributed by atoms with E-state index in [1.165, 1.54) is 35.1 Å². The Morgan fingerprint density at radius 1 is 1.09 bits per heavy atom. The lowest BCUT2D eigenvalue weighted by Gasteiger charge is -2.30. The third-order valence-corrected chi connectivity index (χ3v) is 7.75. The van der Waals surface area contributed by atoms with Crippen LogP contribution in [0.25, 0.3) is 11.8 Å². The third-order valence-electron chi connectivity index (χ3n) is 6.77. The van der Waals surface area contributed by atoms with Crippen molar-refractivity contribution in [3.05, 3.63) is 120 Å². The zero-order valence-electron chi connectivity index (χ0n) is 19.5. The average molecular weight is 481 g/mol. The molecule has 0 amide bonds. The van der Waals surface area contributed by atoms with Gasteiger partial charge in [0.1, 0.15) is 0 Å². The van der Waals surface area contributed by atoms with E-state index in [1.54, 1.807) is 18.2 Å². The minimum Gasteiger partial charge on any atom is -0.504 e. The van der Waals surface area contributed by atoms with Crippen molar-refractivity contribution >= 4 is 23.1 Å². The molecule has 0 fully saturated rings. The Kier molecular flexibility index (Phi) is 5.19. The number of aromatic hydroxyl groups is 1. The van der Waals surface area contributed by atoms with Crippen LogP contribution in [0.4, 0.5) is 0 Å². The van der Waals surface area contributed by atoms with E-state index in [4.69, 9.17) is 9.73 Å². The van der Waals surface area contributed by atoms with Crippen molar-refractivity contribution in [2.75, 3.05) is 7.11 Å². The number of ether oxygens (including phenoxy) is 1. The van der Waals surface area contributed by atoms with E-state index in [0.717, 1.165) is 35.2 Å². The van der Waals surface area contributed by atoms with E-state index in [0.29, 0.717) is 15.1 Å². The second-order valence-electron chi connectivity index (χ2n) is 8.96. The summed E-state index contributed by atoms with van der Waals surface area (Å²) in [5, 5.41) is 9.94. The fourth-order valence-electron chi connectivity index (χ4n) is 5.01. The zero-order chi connectivity index (χ0) is 24.1. The quantitative estimate of drug-likeness (QED) is 0.475. The van der Waals surface area contributed by atoms with Gasteiger partial charge in [0.25, 0.3) is 5.56 Å². The Morgan fingerprint density at radius 3 is 2.69 bits per heavy atom. The molecule has 2 heterocycles. The van der Waals surface area contributed by atoms with E-state index in [-0.39, 0.29) is 17.4 Å². The summed E-state index contributed by atoms with van der Waals surface area (Å²) in [7, 11) is 1.51. The number of phenols is 1. The van der Waals surface area contributed by atoms with Crippen molar-refractivity contribution in [2.45, 2.75) is 25.8 Å². The van der Waals surface area contributed by atoms with Gasteiger partial charge >= 0.3 is 0 Å². The summed E-state index contributed by atoms with van der Waals surface area (Å²) in [6.45, 7) is 2.07. The lowest BCUT2D eigenvalue weighted by molar-refractivity contribution is 0.373. The first kappa shape index (κ1) is 21.6. The van der Waals surface area contributed by atoms with Crippen molar-refractivity contribution in [1.82, 2.24) is 4.57 Å². The molecule has 35 heavy (non-hydrogen) atoms. The number of thiazole rings is 1. The van der Waals surface area contributed by atoms with Gasteiger partial charge in [0.2, 0.25) is 0 Å². The highest BCUT2D eigenvalue weighted by molar-refractivity contribution is 7.07. The van der Waals surface area contributed by atoms with Gasteiger partial charge in [-0.1, -0.05) is 71.5 Å². The monoisotopic (exact) mass is 480 g/mol. The molecule has 1 aliphatic heterocycles. The van der Waals surface area contributed by atoms with Crippen molar-refractivity contribution in [3.8, 4) is 11.5 Å². The molecule has 5 nitrogen and oxygen atoms in total. The summed E-state index contributed by atoms with van der Waals surface area (Å²) in [5.41, 5.74) is 7.65. The SMILES string of the molecule is COc1cc(/C=c2\sc3n(c2=O)C(c2ccc(C)cc2)C2=C(N=3)c3ccccc3CC2)ccc1O. The van der Waals surface area contributed by atoms with Crippen molar-refractivity contribution in [2.24, 2.45) is 4.99 Å². The van der Waals surface area contributed by atoms with Crippen LogP contribution in [0.3, 0.4) is 0 Å². The fraction of sp³-hybridized carbons (Fsp3) is 0.172. The highest BCUT2D eigenvalue weighted by atomic mass is 32.1. The lowest BCUT2D eigenvalue weighted by atomic mass is 9.83. The maximum Gasteiger partial charge on any atom is 0.271 e. The van der Waals surface area contributed by atoms with Crippen LogP contribution in [-0.2, 0) is 6.42 Å². The number of fused-ring (bicyclic) bond motifs is 3. The van der Waals surface area contributed by atoms with Crippen LogP contribution in [-0.4, -0.2) is 16.8 Å². The summed E-state index contributed by atoms with van der Waals surface area (Å²) in [4.78, 5) is 19.5. The number of aromatic nitrogens is 1. The highest BCUT2D eigenvalue weighted by Crippen LogP contribution is 2.41. The summed E-state index contributed by atoms with van der Waals surface area (Å²) in [6, 6.07) is 21.8. The number of nitrogens with zero attached hydrogens (tertiary/aromatic N) is 2. The molecule has 0 saturated heterocycles. The maximum atomic E-state index is 13.8. The maximum absolute atomic E-state index is 13.8. The smallest absolute Gasteiger partial charge is 0.271 e. The first-order valence-electron chi connectivity index (χ1n) is 11.6. The molecular weight excluding hydrogens is 456 g/mol. The predicted molar refractivity (Wildman–Crippen MR) is 139 cm³/mol. The molecule has 0 saturated carbocycles. The van der Waals surface area contributed by atoms with Crippen LogP contribution in [0, 0.1) is 6.92 Å². The number of aryl methyl sites for hydroxylation is 2. The van der Waals surface area contributed by atoms with E-state index < -0.39 is 0 Å². The van der Waals surface area contributed by atoms with Crippen LogP contribution in [0.2, 0.25) is 0 Å².